The topological polar surface area (TPSA) is 42.0 Å². The van der Waals surface area contributed by atoms with Crippen molar-refractivity contribution in [3.05, 3.63) is 42.2 Å². The molecule has 0 aliphatic heterocycles. The van der Waals surface area contributed by atoms with E-state index in [9.17, 15) is 4.79 Å². The first-order valence-corrected chi connectivity index (χ1v) is 5.31. The number of rotatable bonds is 2. The van der Waals surface area contributed by atoms with Crippen LogP contribution in [0.3, 0.4) is 0 Å². The zero-order valence-electron chi connectivity index (χ0n) is 9.40. The molecule has 0 radical (unpaired) electrons. The monoisotopic (exact) mass is 214 g/mol. The highest BCUT2D eigenvalue weighted by Crippen LogP contribution is 2.14. The van der Waals surface area contributed by atoms with Crippen LogP contribution >= 0.6 is 0 Å². The van der Waals surface area contributed by atoms with Gasteiger partial charge in [-0.25, -0.2) is 0 Å². The van der Waals surface area contributed by atoms with Gasteiger partial charge in [-0.3, -0.25) is 9.78 Å². The van der Waals surface area contributed by atoms with Gasteiger partial charge in [-0.05, 0) is 37.4 Å². The third-order valence-electron chi connectivity index (χ3n) is 2.32. The fourth-order valence-corrected chi connectivity index (χ4v) is 1.57. The van der Waals surface area contributed by atoms with Crippen LogP contribution in [0.1, 0.15) is 24.2 Å². The maximum Gasteiger partial charge on any atom is 0.251 e. The third-order valence-corrected chi connectivity index (χ3v) is 2.32. The molecule has 3 nitrogen and oxygen atoms in total. The summed E-state index contributed by atoms with van der Waals surface area (Å²) < 4.78 is 0. The summed E-state index contributed by atoms with van der Waals surface area (Å²) in [5, 5.41) is 4.95. The number of hydrogen-bond acceptors (Lipinski definition) is 2. The number of aromatic nitrogens is 1. The molecule has 0 saturated carbocycles. The number of nitrogens with zero attached hydrogens (tertiary/aromatic N) is 1. The van der Waals surface area contributed by atoms with Crippen LogP contribution in [-0.2, 0) is 0 Å². The van der Waals surface area contributed by atoms with Gasteiger partial charge in [0.05, 0.1) is 0 Å². The van der Waals surface area contributed by atoms with Crippen molar-refractivity contribution in [2.45, 2.75) is 19.9 Å². The Morgan fingerprint density at radius 3 is 2.81 bits per heavy atom. The highest BCUT2D eigenvalue weighted by atomic mass is 16.1. The summed E-state index contributed by atoms with van der Waals surface area (Å²) in [6.45, 7) is 3.89. The van der Waals surface area contributed by atoms with Crippen molar-refractivity contribution in [2.24, 2.45) is 0 Å². The second-order valence-corrected chi connectivity index (χ2v) is 4.07. The van der Waals surface area contributed by atoms with Gasteiger partial charge >= 0.3 is 0 Å². The quantitative estimate of drug-likeness (QED) is 0.833. The maximum absolute atomic E-state index is 11.8. The summed E-state index contributed by atoms with van der Waals surface area (Å²) in [6, 6.07) is 7.68. The summed E-state index contributed by atoms with van der Waals surface area (Å²) in [5.41, 5.74) is 0.687. The Hall–Kier alpha value is -1.90. The molecule has 0 spiro atoms. The van der Waals surface area contributed by atoms with Crippen molar-refractivity contribution >= 4 is 16.7 Å². The summed E-state index contributed by atoms with van der Waals surface area (Å²) in [7, 11) is 0. The minimum Gasteiger partial charge on any atom is -0.350 e. The zero-order chi connectivity index (χ0) is 11.5. The number of carbonyl (C=O) groups excluding carboxylic acids is 1. The normalized spacial score (nSPS) is 10.7. The first-order valence-electron chi connectivity index (χ1n) is 5.31. The zero-order valence-corrected chi connectivity index (χ0v) is 9.40. The summed E-state index contributed by atoms with van der Waals surface area (Å²) in [6.07, 6.45) is 3.52. The van der Waals surface area contributed by atoms with Gasteiger partial charge in [0, 0.05) is 29.4 Å². The van der Waals surface area contributed by atoms with Crippen LogP contribution in [0.15, 0.2) is 36.7 Å². The van der Waals surface area contributed by atoms with Crippen molar-refractivity contribution in [3.63, 3.8) is 0 Å². The van der Waals surface area contributed by atoms with E-state index in [1.807, 2.05) is 38.1 Å². The molecule has 0 unspecified atom stereocenters. The Bertz CT molecular complexity index is 520. The first-order chi connectivity index (χ1) is 7.66. The number of amides is 1. The molecule has 0 bridgehead atoms. The van der Waals surface area contributed by atoms with Gasteiger partial charge < -0.3 is 5.32 Å². The Balaban J connectivity index is 2.35. The third kappa shape index (κ3) is 2.19. The summed E-state index contributed by atoms with van der Waals surface area (Å²) in [5.74, 6) is -0.0336. The standard InChI is InChI=1S/C13H14N2O/c1-9(2)15-13(16)11-3-4-12-8-14-6-5-10(12)7-11/h3-9H,1-2H3,(H,15,16). The van der Waals surface area contributed by atoms with Gasteiger partial charge in [0.25, 0.3) is 5.91 Å². The molecule has 1 amide bonds. The molecule has 82 valence electrons. The number of benzene rings is 1. The number of pyridine rings is 1. The molecule has 1 aromatic heterocycles. The lowest BCUT2D eigenvalue weighted by molar-refractivity contribution is 0.0943. The van der Waals surface area contributed by atoms with Crippen molar-refractivity contribution < 1.29 is 4.79 Å². The van der Waals surface area contributed by atoms with Crippen LogP contribution in [0.2, 0.25) is 0 Å². The van der Waals surface area contributed by atoms with Crippen LogP contribution in [0.4, 0.5) is 0 Å². The van der Waals surface area contributed by atoms with E-state index in [0.717, 1.165) is 10.8 Å². The molecular formula is C13H14N2O. The van der Waals surface area contributed by atoms with Crippen molar-refractivity contribution in [2.75, 3.05) is 0 Å². The Kier molecular flexibility index (Phi) is 2.86. The van der Waals surface area contributed by atoms with Crippen LogP contribution in [0, 0.1) is 0 Å². The van der Waals surface area contributed by atoms with Gasteiger partial charge in [-0.1, -0.05) is 6.07 Å². The minimum absolute atomic E-state index is 0.0336. The van der Waals surface area contributed by atoms with Crippen LogP contribution in [0.5, 0.6) is 0 Å². The maximum atomic E-state index is 11.8. The van der Waals surface area contributed by atoms with Gasteiger partial charge in [0.15, 0.2) is 0 Å². The van der Waals surface area contributed by atoms with E-state index in [-0.39, 0.29) is 11.9 Å². The van der Waals surface area contributed by atoms with Gasteiger partial charge in [0.2, 0.25) is 0 Å². The fraction of sp³-hybridized carbons (Fsp3) is 0.231. The molecule has 2 rings (SSSR count). The summed E-state index contributed by atoms with van der Waals surface area (Å²) in [4.78, 5) is 15.8. The molecule has 1 aromatic carbocycles. The minimum atomic E-state index is -0.0336. The van der Waals surface area contributed by atoms with E-state index >= 15 is 0 Å². The van der Waals surface area contributed by atoms with Crippen LogP contribution in [0.25, 0.3) is 10.8 Å². The lowest BCUT2D eigenvalue weighted by Crippen LogP contribution is -2.29. The molecule has 2 aromatic rings. The molecule has 0 aliphatic carbocycles. The number of nitrogens with one attached hydrogen (secondary N) is 1. The molecular weight excluding hydrogens is 200 g/mol. The second-order valence-electron chi connectivity index (χ2n) is 4.07. The molecule has 0 aliphatic rings. The molecule has 16 heavy (non-hydrogen) atoms. The average molecular weight is 214 g/mol. The number of carbonyl (C=O) groups is 1. The van der Waals surface area contributed by atoms with Gasteiger partial charge in [-0.2, -0.15) is 0 Å². The molecule has 1 N–H and O–H groups in total. The number of fused-ring (bicyclic) bond motifs is 1. The molecule has 0 fully saturated rings. The lowest BCUT2D eigenvalue weighted by Gasteiger charge is -2.08. The van der Waals surface area contributed by atoms with Gasteiger partial charge in [0.1, 0.15) is 0 Å². The van der Waals surface area contributed by atoms with Crippen LogP contribution in [-0.4, -0.2) is 16.9 Å². The largest absolute Gasteiger partial charge is 0.350 e. The van der Waals surface area contributed by atoms with E-state index in [4.69, 9.17) is 0 Å². The Morgan fingerprint density at radius 2 is 2.06 bits per heavy atom. The van der Waals surface area contributed by atoms with E-state index < -0.39 is 0 Å². The Labute approximate surface area is 94.5 Å². The highest BCUT2D eigenvalue weighted by Gasteiger charge is 2.06. The smallest absolute Gasteiger partial charge is 0.251 e. The average Bonchev–Trinajstić information content (AvgIpc) is 2.27. The van der Waals surface area contributed by atoms with Crippen molar-refractivity contribution in [1.29, 1.82) is 0 Å². The lowest BCUT2D eigenvalue weighted by atomic mass is 10.1. The van der Waals surface area contributed by atoms with Gasteiger partial charge in [-0.15, -0.1) is 0 Å². The fourth-order valence-electron chi connectivity index (χ4n) is 1.57. The molecule has 0 saturated heterocycles. The highest BCUT2D eigenvalue weighted by molar-refractivity contribution is 5.98. The van der Waals surface area contributed by atoms with Crippen LogP contribution < -0.4 is 5.32 Å². The van der Waals surface area contributed by atoms with Crippen molar-refractivity contribution in [3.8, 4) is 0 Å². The predicted octanol–water partition coefficient (Wildman–Crippen LogP) is 2.37. The first kappa shape index (κ1) is 10.6. The molecule has 3 heteroatoms. The SMILES string of the molecule is CC(C)NC(=O)c1ccc2cnccc2c1. The molecule has 0 atom stereocenters. The van der Waals surface area contributed by atoms with E-state index in [0.29, 0.717) is 5.56 Å². The Morgan fingerprint density at radius 1 is 1.25 bits per heavy atom. The molecule has 1 heterocycles. The van der Waals surface area contributed by atoms with Crippen molar-refractivity contribution in [1.82, 2.24) is 10.3 Å². The van der Waals surface area contributed by atoms with E-state index in [2.05, 4.69) is 10.3 Å². The van der Waals surface area contributed by atoms with E-state index in [1.165, 1.54) is 0 Å². The predicted molar refractivity (Wildman–Crippen MR) is 64.3 cm³/mol. The summed E-state index contributed by atoms with van der Waals surface area (Å²) >= 11 is 0. The number of hydrogen-bond donors (Lipinski definition) is 1. The second kappa shape index (κ2) is 4.31. The van der Waals surface area contributed by atoms with E-state index in [1.54, 1.807) is 12.4 Å².